The summed E-state index contributed by atoms with van der Waals surface area (Å²) in [4.78, 5) is 24.0. The standard InChI is InChI=1S/C19H18Cl2N2O4.ClH/c20-15-5-4-11(9-16(15)21)17-14(10-22-6-7-27-17)18(24)23-13-3-1-2-12(8-13)19(25)26;/h1-5,8-9,14,17,22H,6-7,10H2,(H,23,24)(H,25,26);1H/t14-,17+;/m1./s1. The van der Waals surface area contributed by atoms with Crippen LogP contribution in [0, 0.1) is 5.92 Å². The van der Waals surface area contributed by atoms with Crippen molar-refractivity contribution in [2.75, 3.05) is 25.0 Å². The lowest BCUT2D eigenvalue weighted by Gasteiger charge is -2.24. The van der Waals surface area contributed by atoms with Gasteiger partial charge in [-0.25, -0.2) is 4.79 Å². The molecule has 6 nitrogen and oxygen atoms in total. The summed E-state index contributed by atoms with van der Waals surface area (Å²) in [5.41, 5.74) is 1.27. The number of ether oxygens (including phenoxy) is 1. The molecule has 3 rings (SSSR count). The Morgan fingerprint density at radius 2 is 1.93 bits per heavy atom. The zero-order chi connectivity index (χ0) is 19.4. The predicted octanol–water partition coefficient (Wildman–Crippen LogP) is 4.03. The number of carboxylic acid groups (broad SMARTS) is 1. The first-order chi connectivity index (χ1) is 13.0. The highest BCUT2D eigenvalue weighted by Gasteiger charge is 2.32. The highest BCUT2D eigenvalue weighted by molar-refractivity contribution is 6.42. The van der Waals surface area contributed by atoms with Crippen molar-refractivity contribution in [2.24, 2.45) is 5.92 Å². The first-order valence-electron chi connectivity index (χ1n) is 8.37. The maximum Gasteiger partial charge on any atom is 0.335 e. The van der Waals surface area contributed by atoms with Gasteiger partial charge >= 0.3 is 5.97 Å². The van der Waals surface area contributed by atoms with Crippen molar-refractivity contribution in [2.45, 2.75) is 6.10 Å². The molecule has 1 saturated heterocycles. The number of anilines is 1. The lowest BCUT2D eigenvalue weighted by molar-refractivity contribution is -0.124. The van der Waals surface area contributed by atoms with Crippen molar-refractivity contribution >= 4 is 53.2 Å². The Balaban J connectivity index is 0.00000280. The molecule has 3 N–H and O–H groups in total. The predicted molar refractivity (Wildman–Crippen MR) is 111 cm³/mol. The van der Waals surface area contributed by atoms with E-state index in [-0.39, 0.29) is 23.9 Å². The van der Waals surface area contributed by atoms with Crippen molar-refractivity contribution in [3.05, 3.63) is 63.6 Å². The number of hydrogen-bond donors (Lipinski definition) is 3. The lowest BCUT2D eigenvalue weighted by Crippen LogP contribution is -2.35. The zero-order valence-electron chi connectivity index (χ0n) is 14.7. The molecule has 1 aliphatic rings. The molecule has 2 aromatic rings. The van der Waals surface area contributed by atoms with Crippen molar-refractivity contribution in [1.82, 2.24) is 5.32 Å². The highest BCUT2D eigenvalue weighted by Crippen LogP contribution is 2.32. The van der Waals surface area contributed by atoms with Gasteiger partial charge in [0.15, 0.2) is 0 Å². The maximum absolute atomic E-state index is 12.9. The van der Waals surface area contributed by atoms with E-state index >= 15 is 0 Å². The third kappa shape index (κ3) is 5.37. The molecule has 1 aliphatic heterocycles. The van der Waals surface area contributed by atoms with Crippen LogP contribution in [0.15, 0.2) is 42.5 Å². The SMILES string of the molecule is Cl.O=C(O)c1cccc(NC(=O)[C@@H]2CNCCO[C@H]2c2ccc(Cl)c(Cl)c2)c1. The molecule has 0 bridgehead atoms. The quantitative estimate of drug-likeness (QED) is 0.661. The van der Waals surface area contributed by atoms with E-state index in [1.807, 2.05) is 0 Å². The van der Waals surface area contributed by atoms with Crippen LogP contribution in [-0.4, -0.2) is 36.7 Å². The lowest BCUT2D eigenvalue weighted by atomic mass is 9.94. The van der Waals surface area contributed by atoms with Crippen LogP contribution in [0.3, 0.4) is 0 Å². The van der Waals surface area contributed by atoms with Crippen LogP contribution >= 0.6 is 35.6 Å². The van der Waals surface area contributed by atoms with E-state index in [1.54, 1.807) is 30.3 Å². The number of carboxylic acids is 1. The topological polar surface area (TPSA) is 87.7 Å². The highest BCUT2D eigenvalue weighted by atomic mass is 35.5. The molecule has 1 heterocycles. The summed E-state index contributed by atoms with van der Waals surface area (Å²) in [7, 11) is 0. The molecular formula is C19H19Cl3N2O4. The van der Waals surface area contributed by atoms with Gasteiger partial charge in [-0.15, -0.1) is 12.4 Å². The van der Waals surface area contributed by atoms with E-state index in [0.717, 1.165) is 5.56 Å². The van der Waals surface area contributed by atoms with E-state index in [4.69, 9.17) is 33.0 Å². The van der Waals surface area contributed by atoms with Gasteiger partial charge in [0.2, 0.25) is 5.91 Å². The Morgan fingerprint density at radius 3 is 2.64 bits per heavy atom. The van der Waals surface area contributed by atoms with Gasteiger partial charge in [-0.05, 0) is 35.9 Å². The Labute approximate surface area is 178 Å². The second kappa shape index (κ2) is 10.1. The summed E-state index contributed by atoms with van der Waals surface area (Å²) in [6, 6.07) is 11.3. The van der Waals surface area contributed by atoms with E-state index < -0.39 is 18.0 Å². The molecule has 1 amide bonds. The average molecular weight is 446 g/mol. The van der Waals surface area contributed by atoms with Crippen LogP contribution in [0.5, 0.6) is 0 Å². The van der Waals surface area contributed by atoms with Crippen molar-refractivity contribution in [3.8, 4) is 0 Å². The van der Waals surface area contributed by atoms with Crippen LogP contribution in [0.4, 0.5) is 5.69 Å². The summed E-state index contributed by atoms with van der Waals surface area (Å²) >= 11 is 12.1. The van der Waals surface area contributed by atoms with Crippen LogP contribution in [-0.2, 0) is 9.53 Å². The molecule has 1 fully saturated rings. The molecule has 0 aliphatic carbocycles. The van der Waals surface area contributed by atoms with Crippen molar-refractivity contribution < 1.29 is 19.4 Å². The van der Waals surface area contributed by atoms with Gasteiger partial charge in [0.25, 0.3) is 0 Å². The summed E-state index contributed by atoms with van der Waals surface area (Å²) in [6.07, 6.45) is -0.502. The van der Waals surface area contributed by atoms with E-state index in [2.05, 4.69) is 10.6 Å². The number of carbonyl (C=O) groups is 2. The second-order valence-electron chi connectivity index (χ2n) is 6.15. The van der Waals surface area contributed by atoms with Crippen LogP contribution < -0.4 is 10.6 Å². The van der Waals surface area contributed by atoms with Crippen LogP contribution in [0.1, 0.15) is 22.0 Å². The molecule has 0 unspecified atom stereocenters. The first kappa shape index (κ1) is 22.5. The molecule has 9 heteroatoms. The van der Waals surface area contributed by atoms with Crippen molar-refractivity contribution in [3.63, 3.8) is 0 Å². The molecule has 2 atom stereocenters. The molecule has 150 valence electrons. The number of nitrogens with one attached hydrogen (secondary N) is 2. The van der Waals surface area contributed by atoms with Gasteiger partial charge in [-0.2, -0.15) is 0 Å². The Hall–Kier alpha value is -1.83. The minimum Gasteiger partial charge on any atom is -0.478 e. The monoisotopic (exact) mass is 444 g/mol. The van der Waals surface area contributed by atoms with E-state index in [0.29, 0.717) is 35.4 Å². The maximum atomic E-state index is 12.9. The molecular weight excluding hydrogens is 427 g/mol. The summed E-state index contributed by atoms with van der Waals surface area (Å²) < 4.78 is 5.90. The molecule has 0 saturated carbocycles. The third-order valence-electron chi connectivity index (χ3n) is 4.29. The fraction of sp³-hybridized carbons (Fsp3) is 0.263. The normalized spacial score (nSPS) is 19.2. The molecule has 28 heavy (non-hydrogen) atoms. The van der Waals surface area contributed by atoms with Crippen molar-refractivity contribution in [1.29, 1.82) is 0 Å². The minimum absolute atomic E-state index is 0. The third-order valence-corrected chi connectivity index (χ3v) is 5.03. The Morgan fingerprint density at radius 1 is 1.14 bits per heavy atom. The van der Waals surface area contributed by atoms with Crippen LogP contribution in [0.25, 0.3) is 0 Å². The van der Waals surface area contributed by atoms with Gasteiger partial charge in [0.05, 0.1) is 34.2 Å². The first-order valence-corrected chi connectivity index (χ1v) is 9.13. The van der Waals surface area contributed by atoms with Gasteiger partial charge in [-0.1, -0.05) is 35.3 Å². The number of carbonyl (C=O) groups excluding carboxylic acids is 1. The average Bonchev–Trinajstić information content (AvgIpc) is 2.90. The smallest absolute Gasteiger partial charge is 0.335 e. The summed E-state index contributed by atoms with van der Waals surface area (Å²) in [6.45, 7) is 1.48. The molecule has 0 aromatic heterocycles. The Bertz CT molecular complexity index is 863. The van der Waals surface area contributed by atoms with Gasteiger partial charge in [-0.3, -0.25) is 4.79 Å². The number of halogens is 3. The van der Waals surface area contributed by atoms with Gasteiger partial charge < -0.3 is 20.5 Å². The summed E-state index contributed by atoms with van der Waals surface area (Å²) in [5, 5.41) is 15.9. The minimum atomic E-state index is -1.06. The molecule has 0 radical (unpaired) electrons. The van der Waals surface area contributed by atoms with E-state index in [1.165, 1.54) is 12.1 Å². The molecule has 2 aromatic carbocycles. The fourth-order valence-electron chi connectivity index (χ4n) is 2.95. The summed E-state index contributed by atoms with van der Waals surface area (Å²) in [5.74, 6) is -1.86. The zero-order valence-corrected chi connectivity index (χ0v) is 17.0. The van der Waals surface area contributed by atoms with Gasteiger partial charge in [0, 0.05) is 18.8 Å². The number of aromatic carboxylic acids is 1. The largest absolute Gasteiger partial charge is 0.478 e. The van der Waals surface area contributed by atoms with Gasteiger partial charge in [0.1, 0.15) is 0 Å². The number of hydrogen-bond acceptors (Lipinski definition) is 4. The number of rotatable bonds is 4. The van der Waals surface area contributed by atoms with E-state index in [9.17, 15) is 9.59 Å². The fourth-order valence-corrected chi connectivity index (χ4v) is 3.26. The number of amides is 1. The van der Waals surface area contributed by atoms with Crippen LogP contribution in [0.2, 0.25) is 10.0 Å². The second-order valence-corrected chi connectivity index (χ2v) is 6.97. The molecule has 0 spiro atoms. The number of benzene rings is 2. The Kier molecular flexibility index (Phi) is 8.10.